The van der Waals surface area contributed by atoms with Gasteiger partial charge in [-0.25, -0.2) is 18.1 Å². The Hall–Kier alpha value is -1.52. The maximum atomic E-state index is 12.0. The Morgan fingerprint density at radius 1 is 1.29 bits per heavy atom. The molecule has 1 aromatic heterocycles. The van der Waals surface area contributed by atoms with Crippen molar-refractivity contribution >= 4 is 45.4 Å². The van der Waals surface area contributed by atoms with Crippen molar-refractivity contribution in [2.45, 2.75) is 31.3 Å². The first kappa shape index (κ1) is 20.5. The lowest BCUT2D eigenvalue weighted by molar-refractivity contribution is 0.102. The van der Waals surface area contributed by atoms with E-state index in [9.17, 15) is 13.2 Å². The van der Waals surface area contributed by atoms with Crippen molar-refractivity contribution in [3.05, 3.63) is 40.3 Å². The van der Waals surface area contributed by atoms with E-state index in [1.54, 1.807) is 19.2 Å². The second kappa shape index (κ2) is 8.54. The number of carbonyl (C=O) groups is 1. The number of benzene rings is 1. The first-order valence-electron chi connectivity index (χ1n) is 6.90. The lowest BCUT2D eigenvalue weighted by Gasteiger charge is -2.10. The number of nitrogens with two attached hydrogens (primary N) is 1. The standard InChI is InChI=1S/C14H18N4O3S2.ClH/c1-9(2)18-23(20,21)11-5-3-10(4-6-11)16-14(19)12-8-22-13(7-15)17-12;/h3-6,8-9,18H,7,15H2,1-2H3,(H,16,19);1H. The number of rotatable bonds is 6. The fourth-order valence-corrected chi connectivity index (χ4v) is 3.71. The summed E-state index contributed by atoms with van der Waals surface area (Å²) in [5.74, 6) is -0.364. The molecule has 2 aromatic rings. The fraction of sp³-hybridized carbons (Fsp3) is 0.286. The van der Waals surface area contributed by atoms with Gasteiger partial charge in [0.15, 0.2) is 0 Å². The highest BCUT2D eigenvalue weighted by Crippen LogP contribution is 2.16. The van der Waals surface area contributed by atoms with Crippen LogP contribution in [0.1, 0.15) is 29.3 Å². The van der Waals surface area contributed by atoms with Gasteiger partial charge in [0, 0.05) is 23.7 Å². The number of halogens is 1. The van der Waals surface area contributed by atoms with Crippen LogP contribution in [0, 0.1) is 0 Å². The largest absolute Gasteiger partial charge is 0.325 e. The summed E-state index contributed by atoms with van der Waals surface area (Å²) < 4.78 is 26.5. The topological polar surface area (TPSA) is 114 Å². The summed E-state index contributed by atoms with van der Waals surface area (Å²) in [6.45, 7) is 3.78. The first-order chi connectivity index (χ1) is 10.8. The highest BCUT2D eigenvalue weighted by molar-refractivity contribution is 7.89. The third-order valence-corrected chi connectivity index (χ3v) is 5.32. The van der Waals surface area contributed by atoms with Gasteiger partial charge in [0.25, 0.3) is 5.91 Å². The molecule has 4 N–H and O–H groups in total. The van der Waals surface area contributed by atoms with Crippen LogP contribution in [-0.2, 0) is 16.6 Å². The van der Waals surface area contributed by atoms with Crippen molar-refractivity contribution in [3.63, 3.8) is 0 Å². The van der Waals surface area contributed by atoms with Crippen LogP contribution < -0.4 is 15.8 Å². The predicted octanol–water partition coefficient (Wildman–Crippen LogP) is 1.96. The summed E-state index contributed by atoms with van der Waals surface area (Å²) in [6, 6.07) is 5.74. The van der Waals surface area contributed by atoms with Gasteiger partial charge in [-0.05, 0) is 38.1 Å². The molecule has 0 saturated heterocycles. The molecule has 0 unspecified atom stereocenters. The fourth-order valence-electron chi connectivity index (χ4n) is 1.80. The lowest BCUT2D eigenvalue weighted by atomic mass is 10.3. The molecule has 0 atom stereocenters. The Morgan fingerprint density at radius 2 is 1.92 bits per heavy atom. The summed E-state index contributed by atoms with van der Waals surface area (Å²) in [5, 5.41) is 4.97. The smallest absolute Gasteiger partial charge is 0.275 e. The Morgan fingerprint density at radius 3 is 2.42 bits per heavy atom. The van der Waals surface area contributed by atoms with Crippen molar-refractivity contribution in [2.75, 3.05) is 5.32 Å². The summed E-state index contributed by atoms with van der Waals surface area (Å²) in [7, 11) is -3.54. The van der Waals surface area contributed by atoms with E-state index >= 15 is 0 Å². The van der Waals surface area contributed by atoms with Crippen LogP contribution in [0.2, 0.25) is 0 Å². The maximum absolute atomic E-state index is 12.0. The number of thiazole rings is 1. The number of nitrogens with one attached hydrogen (secondary N) is 2. The highest BCUT2D eigenvalue weighted by Gasteiger charge is 2.16. The van der Waals surface area contributed by atoms with Crippen LogP contribution in [0.15, 0.2) is 34.5 Å². The Kier molecular flexibility index (Phi) is 7.30. The molecular weight excluding hydrogens is 372 g/mol. The van der Waals surface area contributed by atoms with E-state index in [2.05, 4.69) is 15.0 Å². The number of sulfonamides is 1. The number of amides is 1. The number of hydrogen-bond acceptors (Lipinski definition) is 6. The molecule has 1 heterocycles. The zero-order chi connectivity index (χ0) is 17.0. The predicted molar refractivity (Wildman–Crippen MR) is 97.1 cm³/mol. The molecule has 0 aliphatic carbocycles. The summed E-state index contributed by atoms with van der Waals surface area (Å²) in [5.41, 5.74) is 6.23. The molecule has 10 heteroatoms. The van der Waals surface area contributed by atoms with Crippen molar-refractivity contribution in [3.8, 4) is 0 Å². The number of anilines is 1. The van der Waals surface area contributed by atoms with Gasteiger partial charge in [-0.3, -0.25) is 4.79 Å². The average molecular weight is 391 g/mol. The Balaban J connectivity index is 0.00000288. The van der Waals surface area contributed by atoms with Gasteiger partial charge < -0.3 is 11.1 Å². The summed E-state index contributed by atoms with van der Waals surface area (Å²) >= 11 is 1.32. The second-order valence-corrected chi connectivity index (χ2v) is 7.74. The van der Waals surface area contributed by atoms with Gasteiger partial charge in [-0.1, -0.05) is 0 Å². The molecule has 0 fully saturated rings. The van der Waals surface area contributed by atoms with Gasteiger partial charge in [-0.15, -0.1) is 23.7 Å². The van der Waals surface area contributed by atoms with Crippen molar-refractivity contribution in [2.24, 2.45) is 5.73 Å². The average Bonchev–Trinajstić information content (AvgIpc) is 2.95. The molecule has 24 heavy (non-hydrogen) atoms. The molecule has 1 aromatic carbocycles. The Bertz CT molecular complexity index is 789. The molecule has 132 valence electrons. The van der Waals surface area contributed by atoms with E-state index in [0.29, 0.717) is 10.7 Å². The SMILES string of the molecule is CC(C)NS(=O)(=O)c1ccc(NC(=O)c2csc(CN)n2)cc1.Cl. The molecular formula is C14H19ClN4O3S2. The second-order valence-electron chi connectivity index (χ2n) is 5.09. The minimum atomic E-state index is -3.54. The molecule has 0 aliphatic heterocycles. The third kappa shape index (κ3) is 5.25. The van der Waals surface area contributed by atoms with Crippen LogP contribution in [-0.4, -0.2) is 25.4 Å². The van der Waals surface area contributed by atoms with E-state index in [4.69, 9.17) is 5.73 Å². The van der Waals surface area contributed by atoms with E-state index in [1.165, 1.54) is 35.6 Å². The van der Waals surface area contributed by atoms with Gasteiger partial charge >= 0.3 is 0 Å². The van der Waals surface area contributed by atoms with Crippen LogP contribution >= 0.6 is 23.7 Å². The van der Waals surface area contributed by atoms with Crippen LogP contribution in [0.4, 0.5) is 5.69 Å². The Labute approximate surface area is 151 Å². The van der Waals surface area contributed by atoms with E-state index in [0.717, 1.165) is 0 Å². The normalized spacial score (nSPS) is 11.2. The van der Waals surface area contributed by atoms with Crippen molar-refractivity contribution < 1.29 is 13.2 Å². The number of aromatic nitrogens is 1. The minimum Gasteiger partial charge on any atom is -0.325 e. The zero-order valence-corrected chi connectivity index (χ0v) is 15.6. The quantitative estimate of drug-likeness (QED) is 0.697. The van der Waals surface area contributed by atoms with Crippen LogP contribution in [0.25, 0.3) is 0 Å². The summed E-state index contributed by atoms with van der Waals surface area (Å²) in [4.78, 5) is 16.3. The molecule has 7 nitrogen and oxygen atoms in total. The van der Waals surface area contributed by atoms with Gasteiger partial charge in [-0.2, -0.15) is 0 Å². The summed E-state index contributed by atoms with van der Waals surface area (Å²) in [6.07, 6.45) is 0. The molecule has 1 amide bonds. The van der Waals surface area contributed by atoms with Crippen LogP contribution in [0.3, 0.4) is 0 Å². The first-order valence-corrected chi connectivity index (χ1v) is 9.26. The number of hydrogen-bond donors (Lipinski definition) is 3. The van der Waals surface area contributed by atoms with Crippen molar-refractivity contribution in [1.29, 1.82) is 0 Å². The number of carbonyl (C=O) groups excluding carboxylic acids is 1. The van der Waals surface area contributed by atoms with Crippen molar-refractivity contribution in [1.82, 2.24) is 9.71 Å². The van der Waals surface area contributed by atoms with E-state index < -0.39 is 10.0 Å². The zero-order valence-electron chi connectivity index (χ0n) is 13.1. The van der Waals surface area contributed by atoms with Gasteiger partial charge in [0.05, 0.1) is 4.90 Å². The highest BCUT2D eigenvalue weighted by atomic mass is 35.5. The molecule has 0 spiro atoms. The van der Waals surface area contributed by atoms with Gasteiger partial charge in [0.1, 0.15) is 10.7 Å². The monoisotopic (exact) mass is 390 g/mol. The lowest BCUT2D eigenvalue weighted by Crippen LogP contribution is -2.30. The number of nitrogens with zero attached hydrogens (tertiary/aromatic N) is 1. The third-order valence-electron chi connectivity index (χ3n) is 2.77. The van der Waals surface area contributed by atoms with E-state index in [-0.39, 0.29) is 41.5 Å². The molecule has 0 aliphatic rings. The van der Waals surface area contributed by atoms with Gasteiger partial charge in [0.2, 0.25) is 10.0 Å². The van der Waals surface area contributed by atoms with E-state index in [1.807, 2.05) is 0 Å². The molecule has 0 radical (unpaired) electrons. The maximum Gasteiger partial charge on any atom is 0.275 e. The van der Waals surface area contributed by atoms with Crippen LogP contribution in [0.5, 0.6) is 0 Å². The minimum absolute atomic E-state index is 0. The molecule has 2 rings (SSSR count). The molecule has 0 saturated carbocycles. The molecule has 0 bridgehead atoms.